The summed E-state index contributed by atoms with van der Waals surface area (Å²) in [7, 11) is 0. The van der Waals surface area contributed by atoms with Gasteiger partial charge in [-0.2, -0.15) is 0 Å². The zero-order chi connectivity index (χ0) is 75.8. The standard InChI is InChI=1S/6C9H10O3.C6H15N.6N3.3Na.4Ni/c6*1-2-12-8-5-3-4-7(6-10)9(8)11;1-4-7(5-2)6-3;6*1-3-2;;;;;;;/h6*3-6,11H,2H2,1H3;4-6H2,1-3H3;;;;;;;;;;;;;/q;;;;;;;6*-1;3*+1;4*+2/p-5. The number of aldehydes is 6. The molecule has 0 amide bonds. The van der Waals surface area contributed by atoms with Gasteiger partial charge in [0.05, 0.1) is 59.3 Å². The summed E-state index contributed by atoms with van der Waals surface area (Å²) in [4.78, 5) is 72.6. The summed E-state index contributed by atoms with van der Waals surface area (Å²) in [6.45, 7) is 23.8. The first-order valence-electron chi connectivity index (χ1n) is 27.6. The normalized spacial score (nSPS) is 7.67. The summed E-state index contributed by atoms with van der Waals surface area (Å²) in [5, 5.41) is 67.4. The molecular weight excluding hydrogens is 1580 g/mol. The molecule has 0 unspecified atom stereocenters. The maximum Gasteiger partial charge on any atom is 2.00 e. The average Bonchev–Trinajstić information content (AvgIpc) is 0.926. The number of carbonyl (C=O) groups excluding carboxylic acids is 6. The van der Waals surface area contributed by atoms with Crippen LogP contribution in [0.4, 0.5) is 0 Å². The third-order valence-corrected chi connectivity index (χ3v) is 10.1. The fourth-order valence-electron chi connectivity index (χ4n) is 6.12. The minimum Gasteiger partial charge on any atom is -0.869 e. The van der Waals surface area contributed by atoms with Gasteiger partial charge in [0.1, 0.15) is 72.2 Å². The third kappa shape index (κ3) is 64.6. The van der Waals surface area contributed by atoms with Crippen LogP contribution in [-0.4, -0.2) is 97.0 Å². The van der Waals surface area contributed by atoms with Gasteiger partial charge in [0.25, 0.3) is 0 Å². The first-order valence-corrected chi connectivity index (χ1v) is 27.6. The second-order valence-electron chi connectivity index (χ2n) is 15.7. The zero-order valence-corrected chi connectivity index (χ0v) is 68.3. The Bertz CT molecular complexity index is 2860. The molecule has 0 spiro atoms. The van der Waals surface area contributed by atoms with Crippen molar-refractivity contribution in [2.45, 2.75) is 62.3 Å². The van der Waals surface area contributed by atoms with E-state index in [1.165, 1.54) is 85.5 Å². The fourth-order valence-corrected chi connectivity index (χ4v) is 6.12. The van der Waals surface area contributed by atoms with E-state index in [4.69, 9.17) is 94.8 Å². The zero-order valence-electron chi connectivity index (χ0n) is 58.4. The van der Waals surface area contributed by atoms with E-state index in [0.717, 1.165) is 0 Å². The summed E-state index contributed by atoms with van der Waals surface area (Å²) in [6, 6.07) is 27.9. The van der Waals surface area contributed by atoms with E-state index in [1.807, 2.05) is 0 Å². The Morgan fingerprint density at radius 3 is 0.442 bits per heavy atom. The monoisotopic (exact) mass is 1650 g/mol. The molecule has 6 aromatic carbocycles. The minimum atomic E-state index is -0.339. The molecule has 37 nitrogen and oxygen atoms in total. The van der Waals surface area contributed by atoms with E-state index in [1.54, 1.807) is 119 Å². The SMILES string of the molecule is CCOc1cccc(C=O)c1[O-].CCOc1cccc(C=O)c1[O-].CCOc1cccc(C=O)c1[O-].CCOc1cccc(C=O)c1[O-].CCOc1cccc(C=O)c1[O-].CCOc1cccc(C=O)c1[O-].CC[NH+](CC)CC.[N-]=[N+]=[N-].[N-]=[N+]=[N-].[N-]=[N+]=[N-].[N-]=[N+]=[N-].[N-]=[N+]=[N-].[N-]=[N+]=[N-].[Na+].[Na+].[Na+].[Ni+2].[Ni+2].[Ni+2].[Ni+2]. The molecule has 104 heavy (non-hydrogen) atoms. The van der Waals surface area contributed by atoms with Crippen molar-refractivity contribution in [3.63, 3.8) is 0 Å². The Balaban J connectivity index is -0.0000000722. The van der Waals surface area contributed by atoms with Gasteiger partial charge in [0.2, 0.25) is 0 Å². The number of quaternary nitrogens is 1. The van der Waals surface area contributed by atoms with Crippen LogP contribution in [0.1, 0.15) is 124 Å². The molecular formula is C60H70N19Na3Ni4O18. The van der Waals surface area contributed by atoms with E-state index < -0.39 is 0 Å². The first kappa shape index (κ1) is 129. The quantitative estimate of drug-likeness (QED) is 0.0354. The van der Waals surface area contributed by atoms with Gasteiger partial charge in [-0.1, -0.05) is 107 Å². The van der Waals surface area contributed by atoms with Gasteiger partial charge < -0.3 is 130 Å². The second kappa shape index (κ2) is 94.7. The Kier molecular flexibility index (Phi) is 117. The van der Waals surface area contributed by atoms with Crippen LogP contribution in [0.2, 0.25) is 0 Å². The molecule has 0 aliphatic rings. The second-order valence-corrected chi connectivity index (χ2v) is 15.7. The summed E-state index contributed by atoms with van der Waals surface area (Å²) < 4.78 is 30.0. The number of hydrogen-bond acceptors (Lipinski definition) is 18. The third-order valence-electron chi connectivity index (χ3n) is 10.1. The molecule has 6 rings (SSSR count). The van der Waals surface area contributed by atoms with E-state index in [-0.39, 0.29) is 257 Å². The Hall–Kier alpha value is -8.27. The molecule has 6 aromatic rings. The van der Waals surface area contributed by atoms with Crippen LogP contribution >= 0.6 is 0 Å². The van der Waals surface area contributed by atoms with Crippen molar-refractivity contribution < 1.29 is 247 Å². The van der Waals surface area contributed by atoms with Gasteiger partial charge in [0, 0.05) is 33.4 Å². The van der Waals surface area contributed by atoms with Crippen molar-refractivity contribution in [1.82, 2.24) is 0 Å². The molecule has 0 heterocycles. The topological polar surface area (TPSA) is 653 Å². The van der Waals surface area contributed by atoms with Crippen molar-refractivity contribution in [3.8, 4) is 69.0 Å². The van der Waals surface area contributed by atoms with Crippen molar-refractivity contribution in [2.24, 2.45) is 0 Å². The Morgan fingerprint density at radius 2 is 0.375 bits per heavy atom. The number of ether oxygens (including phenoxy) is 6. The molecule has 0 radical (unpaired) electrons. The van der Waals surface area contributed by atoms with Crippen LogP contribution < -0.4 is 153 Å². The van der Waals surface area contributed by atoms with Gasteiger partial charge in [-0.05, 0) is 98.7 Å². The van der Waals surface area contributed by atoms with Gasteiger partial charge in [-0.15, -0.1) is 0 Å². The first-order chi connectivity index (χ1) is 46.6. The van der Waals surface area contributed by atoms with Crippen LogP contribution in [0.15, 0.2) is 109 Å². The molecule has 0 saturated carbocycles. The molecule has 0 aromatic heterocycles. The van der Waals surface area contributed by atoms with Crippen molar-refractivity contribution in [3.05, 3.63) is 238 Å². The largest absolute Gasteiger partial charge is 2.00 e. The molecule has 0 atom stereocenters. The number of benzene rings is 6. The molecule has 556 valence electrons. The molecule has 1 N–H and O–H groups in total. The smallest absolute Gasteiger partial charge is 0.869 e. The predicted octanol–water partition coefficient (Wildman–Crippen LogP) is 1.96. The Labute approximate surface area is 707 Å². The predicted molar refractivity (Wildman–Crippen MR) is 348 cm³/mol. The Morgan fingerprint density at radius 1 is 0.269 bits per heavy atom. The summed E-state index contributed by atoms with van der Waals surface area (Å²) >= 11 is 0. The number of rotatable bonds is 21. The van der Waals surface area contributed by atoms with Gasteiger partial charge >= 0.3 is 155 Å². The van der Waals surface area contributed by atoms with Crippen molar-refractivity contribution in [2.75, 3.05) is 59.3 Å². The number of carbonyl (C=O) groups is 6. The molecule has 0 aliphatic carbocycles. The van der Waals surface area contributed by atoms with Crippen molar-refractivity contribution in [1.29, 1.82) is 0 Å². The molecule has 0 fully saturated rings. The van der Waals surface area contributed by atoms with Crippen LogP contribution in [0.5, 0.6) is 69.0 Å². The fraction of sp³-hybridized carbons (Fsp3) is 0.300. The van der Waals surface area contributed by atoms with Crippen LogP contribution in [0, 0.1) is 0 Å². The van der Waals surface area contributed by atoms with Gasteiger partial charge in [0.15, 0.2) is 0 Å². The van der Waals surface area contributed by atoms with E-state index in [0.29, 0.717) is 77.4 Å². The number of hydrogen-bond donors (Lipinski definition) is 1. The van der Waals surface area contributed by atoms with Crippen LogP contribution in [0.25, 0.3) is 95.8 Å². The van der Waals surface area contributed by atoms with Crippen molar-refractivity contribution >= 4 is 37.7 Å². The number of nitrogens with one attached hydrogen (secondary N) is 1. The van der Waals surface area contributed by atoms with Crippen LogP contribution in [-0.2, 0) is 66.0 Å². The minimum absolute atomic E-state index is 0. The van der Waals surface area contributed by atoms with Crippen LogP contribution in [0.3, 0.4) is 0 Å². The molecule has 0 bridgehead atoms. The van der Waals surface area contributed by atoms with Gasteiger partial charge in [-0.25, -0.2) is 0 Å². The summed E-state index contributed by atoms with van der Waals surface area (Å²) in [5.74, 6) is -0.603. The average molecular weight is 1650 g/mol. The maximum absolute atomic E-state index is 11.2. The van der Waals surface area contributed by atoms with E-state index in [2.05, 4.69) is 20.8 Å². The maximum atomic E-state index is 11.2. The molecule has 0 saturated heterocycles. The van der Waals surface area contributed by atoms with E-state index in [9.17, 15) is 59.4 Å². The van der Waals surface area contributed by atoms with Gasteiger partial charge in [-0.3, -0.25) is 58.2 Å². The van der Waals surface area contributed by atoms with E-state index >= 15 is 0 Å². The summed E-state index contributed by atoms with van der Waals surface area (Å²) in [5.41, 5.74) is 81.8. The number of para-hydroxylation sites is 6. The number of nitrogens with zero attached hydrogens (tertiary/aromatic N) is 18. The molecule has 44 heteroatoms. The molecule has 0 aliphatic heterocycles. The summed E-state index contributed by atoms with van der Waals surface area (Å²) in [6.07, 6.45) is 3.20.